The first-order chi connectivity index (χ1) is 13.2. The number of H-pyrrole nitrogens is 1. The minimum atomic E-state index is -0.105. The molecule has 136 valence electrons. The van der Waals surface area contributed by atoms with E-state index in [4.69, 9.17) is 9.72 Å². The number of nitrogens with one attached hydrogen (secondary N) is 1. The van der Waals surface area contributed by atoms with E-state index in [0.717, 1.165) is 59.2 Å². The van der Waals surface area contributed by atoms with Gasteiger partial charge in [0.2, 0.25) is 0 Å². The average Bonchev–Trinajstić information content (AvgIpc) is 3.14. The molecule has 0 spiro atoms. The van der Waals surface area contributed by atoms with Crippen molar-refractivity contribution in [3.8, 4) is 11.1 Å². The molecule has 5 rings (SSSR count). The fourth-order valence-electron chi connectivity index (χ4n) is 4.02. The van der Waals surface area contributed by atoms with E-state index in [2.05, 4.69) is 28.3 Å². The van der Waals surface area contributed by atoms with Crippen molar-refractivity contribution in [3.63, 3.8) is 0 Å². The normalized spacial score (nSPS) is 15.6. The number of aromatic nitrogens is 4. The van der Waals surface area contributed by atoms with Crippen LogP contribution in [-0.4, -0.2) is 33.0 Å². The molecule has 1 fully saturated rings. The van der Waals surface area contributed by atoms with Crippen LogP contribution in [0.3, 0.4) is 0 Å². The van der Waals surface area contributed by atoms with E-state index in [0.29, 0.717) is 11.3 Å². The number of aryl methyl sites for hydroxylation is 1. The second-order valence-corrected chi connectivity index (χ2v) is 7.11. The SMILES string of the molecule is Cn1cc(-c2ccc3c(C4CCOCC4)nc4cc[nH]c(=O)c4c3c2)cn1. The molecule has 0 bridgehead atoms. The quantitative estimate of drug-likeness (QED) is 0.556. The molecule has 3 aromatic heterocycles. The molecule has 1 aromatic carbocycles. The molecule has 4 aromatic rings. The molecule has 1 N–H and O–H groups in total. The summed E-state index contributed by atoms with van der Waals surface area (Å²) in [7, 11) is 1.90. The number of rotatable bonds is 2. The Kier molecular flexibility index (Phi) is 3.79. The van der Waals surface area contributed by atoms with Gasteiger partial charge in [0.25, 0.3) is 5.56 Å². The Morgan fingerprint density at radius 3 is 2.78 bits per heavy atom. The minimum Gasteiger partial charge on any atom is -0.381 e. The van der Waals surface area contributed by atoms with Crippen molar-refractivity contribution in [2.24, 2.45) is 7.05 Å². The number of hydrogen-bond donors (Lipinski definition) is 1. The summed E-state index contributed by atoms with van der Waals surface area (Å²) in [5.74, 6) is 0.356. The number of benzene rings is 1. The topological polar surface area (TPSA) is 72.8 Å². The van der Waals surface area contributed by atoms with Crippen LogP contribution in [0.25, 0.3) is 32.8 Å². The summed E-state index contributed by atoms with van der Waals surface area (Å²) >= 11 is 0. The number of nitrogens with zero attached hydrogens (tertiary/aromatic N) is 3. The van der Waals surface area contributed by atoms with E-state index in [9.17, 15) is 4.79 Å². The van der Waals surface area contributed by atoms with Crippen molar-refractivity contribution in [1.82, 2.24) is 19.7 Å². The lowest BCUT2D eigenvalue weighted by Crippen LogP contribution is -2.16. The molecular formula is C21H20N4O2. The fourth-order valence-corrected chi connectivity index (χ4v) is 4.02. The van der Waals surface area contributed by atoms with Gasteiger partial charge >= 0.3 is 0 Å². The molecule has 0 unspecified atom stereocenters. The van der Waals surface area contributed by atoms with Crippen LogP contribution in [0.1, 0.15) is 24.5 Å². The molecular weight excluding hydrogens is 340 g/mol. The van der Waals surface area contributed by atoms with Crippen molar-refractivity contribution in [2.45, 2.75) is 18.8 Å². The molecule has 0 aliphatic carbocycles. The Hall–Kier alpha value is -2.99. The highest BCUT2D eigenvalue weighted by atomic mass is 16.5. The fraction of sp³-hybridized carbons (Fsp3) is 0.286. The second-order valence-electron chi connectivity index (χ2n) is 7.11. The minimum absolute atomic E-state index is 0.105. The maximum absolute atomic E-state index is 12.6. The molecule has 27 heavy (non-hydrogen) atoms. The van der Waals surface area contributed by atoms with Gasteiger partial charge in [-0.3, -0.25) is 14.5 Å². The van der Waals surface area contributed by atoms with Crippen LogP contribution >= 0.6 is 0 Å². The summed E-state index contributed by atoms with van der Waals surface area (Å²) < 4.78 is 7.31. The van der Waals surface area contributed by atoms with Crippen molar-refractivity contribution in [2.75, 3.05) is 13.2 Å². The van der Waals surface area contributed by atoms with Crippen molar-refractivity contribution in [3.05, 3.63) is 58.9 Å². The maximum atomic E-state index is 12.6. The first-order valence-corrected chi connectivity index (χ1v) is 9.22. The van der Waals surface area contributed by atoms with E-state index < -0.39 is 0 Å². The second kappa shape index (κ2) is 6.32. The molecule has 4 heterocycles. The summed E-state index contributed by atoms with van der Waals surface area (Å²) in [6.07, 6.45) is 7.41. The summed E-state index contributed by atoms with van der Waals surface area (Å²) in [4.78, 5) is 20.3. The predicted molar refractivity (Wildman–Crippen MR) is 105 cm³/mol. The van der Waals surface area contributed by atoms with Crippen LogP contribution in [0.5, 0.6) is 0 Å². The van der Waals surface area contributed by atoms with E-state index in [-0.39, 0.29) is 5.56 Å². The van der Waals surface area contributed by atoms with E-state index in [1.54, 1.807) is 10.9 Å². The third-order valence-electron chi connectivity index (χ3n) is 5.39. The Morgan fingerprint density at radius 1 is 1.15 bits per heavy atom. The van der Waals surface area contributed by atoms with Gasteiger partial charge in [0.15, 0.2) is 0 Å². The van der Waals surface area contributed by atoms with Gasteiger partial charge in [-0.05, 0) is 35.9 Å². The molecule has 0 saturated carbocycles. The zero-order valence-corrected chi connectivity index (χ0v) is 15.1. The standard InChI is InChI=1S/C21H20N4O2/c1-25-12-15(11-23-25)14-2-3-16-17(10-14)19-18(4-7-22-21(19)26)24-20(16)13-5-8-27-9-6-13/h2-4,7,10-13H,5-6,8-9H2,1H3,(H,22,26). The van der Waals surface area contributed by atoms with Gasteiger partial charge in [0.1, 0.15) is 0 Å². The highest BCUT2D eigenvalue weighted by Crippen LogP contribution is 2.35. The summed E-state index contributed by atoms with van der Waals surface area (Å²) in [5.41, 5.74) is 3.79. The Balaban J connectivity index is 1.82. The van der Waals surface area contributed by atoms with Crippen LogP contribution in [-0.2, 0) is 11.8 Å². The number of ether oxygens (including phenoxy) is 1. The smallest absolute Gasteiger partial charge is 0.258 e. The first-order valence-electron chi connectivity index (χ1n) is 9.22. The van der Waals surface area contributed by atoms with E-state index in [1.807, 2.05) is 25.5 Å². The lowest BCUT2D eigenvalue weighted by atomic mass is 9.90. The van der Waals surface area contributed by atoms with Crippen molar-refractivity contribution in [1.29, 1.82) is 0 Å². The predicted octanol–water partition coefficient (Wildman–Crippen LogP) is 3.37. The number of pyridine rings is 2. The molecule has 1 aliphatic heterocycles. The average molecular weight is 360 g/mol. The highest BCUT2D eigenvalue weighted by Gasteiger charge is 2.22. The molecule has 6 nitrogen and oxygen atoms in total. The van der Waals surface area contributed by atoms with Gasteiger partial charge in [0.05, 0.1) is 22.8 Å². The van der Waals surface area contributed by atoms with Crippen LogP contribution < -0.4 is 5.56 Å². The van der Waals surface area contributed by atoms with Crippen LogP contribution in [0.15, 0.2) is 47.7 Å². The van der Waals surface area contributed by atoms with E-state index >= 15 is 0 Å². The van der Waals surface area contributed by atoms with Gasteiger partial charge in [-0.25, -0.2) is 0 Å². The molecule has 0 atom stereocenters. The zero-order valence-electron chi connectivity index (χ0n) is 15.1. The third kappa shape index (κ3) is 2.73. The van der Waals surface area contributed by atoms with Crippen LogP contribution in [0.2, 0.25) is 0 Å². The number of aromatic amines is 1. The third-order valence-corrected chi connectivity index (χ3v) is 5.39. The summed E-state index contributed by atoms with van der Waals surface area (Å²) in [6, 6.07) is 8.17. The Bertz CT molecular complexity index is 1200. The van der Waals surface area contributed by atoms with Crippen LogP contribution in [0, 0.1) is 0 Å². The lowest BCUT2D eigenvalue weighted by Gasteiger charge is -2.23. The molecule has 6 heteroatoms. The number of fused-ring (bicyclic) bond motifs is 3. The summed E-state index contributed by atoms with van der Waals surface area (Å²) in [5, 5.41) is 6.92. The molecule has 0 radical (unpaired) electrons. The number of hydrogen-bond acceptors (Lipinski definition) is 4. The van der Waals surface area contributed by atoms with Crippen LogP contribution in [0.4, 0.5) is 0 Å². The monoisotopic (exact) mass is 360 g/mol. The first kappa shape index (κ1) is 16.2. The lowest BCUT2D eigenvalue weighted by molar-refractivity contribution is 0.0849. The summed E-state index contributed by atoms with van der Waals surface area (Å²) in [6.45, 7) is 1.52. The highest BCUT2D eigenvalue weighted by molar-refractivity contribution is 6.07. The zero-order chi connectivity index (χ0) is 18.4. The Morgan fingerprint density at radius 2 is 2.00 bits per heavy atom. The van der Waals surface area contributed by atoms with Gasteiger partial charge in [-0.2, -0.15) is 5.10 Å². The molecule has 1 aliphatic rings. The molecule has 1 saturated heterocycles. The van der Waals surface area contributed by atoms with Gasteiger partial charge in [-0.15, -0.1) is 0 Å². The van der Waals surface area contributed by atoms with E-state index in [1.165, 1.54) is 0 Å². The largest absolute Gasteiger partial charge is 0.381 e. The van der Waals surface area contributed by atoms with Crippen molar-refractivity contribution < 1.29 is 4.74 Å². The van der Waals surface area contributed by atoms with Crippen molar-refractivity contribution >= 4 is 21.7 Å². The Labute approximate surface area is 155 Å². The maximum Gasteiger partial charge on any atom is 0.258 e. The van der Waals surface area contributed by atoms with Gasteiger partial charge in [0, 0.05) is 49.5 Å². The molecule has 0 amide bonds. The van der Waals surface area contributed by atoms with Gasteiger partial charge in [-0.1, -0.05) is 12.1 Å². The van der Waals surface area contributed by atoms with Gasteiger partial charge < -0.3 is 9.72 Å².